The molecule has 2 aromatic rings. The van der Waals surface area contributed by atoms with Gasteiger partial charge in [-0.15, -0.1) is 0 Å². The van der Waals surface area contributed by atoms with E-state index >= 15 is 0 Å². The average molecular weight is 499 g/mol. The van der Waals surface area contributed by atoms with Crippen molar-refractivity contribution in [2.75, 3.05) is 19.7 Å². The van der Waals surface area contributed by atoms with Gasteiger partial charge in [-0.1, -0.05) is 30.3 Å². The molecule has 1 N–H and O–H groups in total. The lowest BCUT2D eigenvalue weighted by Crippen LogP contribution is -2.52. The van der Waals surface area contributed by atoms with Gasteiger partial charge in [-0.3, -0.25) is 4.79 Å². The predicted octanol–water partition coefficient (Wildman–Crippen LogP) is 4.06. The van der Waals surface area contributed by atoms with Crippen molar-refractivity contribution in [3.63, 3.8) is 0 Å². The molecule has 35 heavy (non-hydrogen) atoms. The Labute approximate surface area is 207 Å². The summed E-state index contributed by atoms with van der Waals surface area (Å²) in [7, 11) is -3.52. The average Bonchev–Trinajstić information content (AvgIpc) is 3.68. The quantitative estimate of drug-likeness (QED) is 0.622. The zero-order valence-electron chi connectivity index (χ0n) is 20.2. The van der Waals surface area contributed by atoms with Crippen LogP contribution in [-0.4, -0.2) is 56.7 Å². The first-order valence-electron chi connectivity index (χ1n) is 12.6. The van der Waals surface area contributed by atoms with Gasteiger partial charge in [0.05, 0.1) is 22.7 Å². The Kier molecular flexibility index (Phi) is 6.99. The second-order valence-corrected chi connectivity index (χ2v) is 11.6. The minimum atomic E-state index is -3.52. The molecule has 0 radical (unpaired) electrons. The highest BCUT2D eigenvalue weighted by Gasteiger charge is 2.45. The van der Waals surface area contributed by atoms with Crippen molar-refractivity contribution in [2.45, 2.75) is 74.2 Å². The van der Waals surface area contributed by atoms with Gasteiger partial charge in [0.1, 0.15) is 0 Å². The van der Waals surface area contributed by atoms with Crippen molar-refractivity contribution in [2.24, 2.45) is 0 Å². The Hall–Kier alpha value is -2.26. The molecule has 188 valence electrons. The van der Waals surface area contributed by atoms with E-state index in [9.17, 15) is 13.2 Å². The minimum Gasteiger partial charge on any atom is -0.378 e. The van der Waals surface area contributed by atoms with E-state index in [4.69, 9.17) is 9.47 Å². The highest BCUT2D eigenvalue weighted by atomic mass is 32.2. The molecule has 1 amide bonds. The molecule has 1 aliphatic carbocycles. The number of sulfonamides is 1. The van der Waals surface area contributed by atoms with E-state index in [0.29, 0.717) is 25.3 Å². The predicted molar refractivity (Wildman–Crippen MR) is 133 cm³/mol. The van der Waals surface area contributed by atoms with E-state index in [2.05, 4.69) is 16.9 Å². The standard InChI is InChI=1S/C27H34N2O5S/c1-2-33-23-18-25(20-6-4-3-5-7-20)34-27(19-23)14-16-29(17-15-27)26(30)21-8-12-24(13-9-21)35(31,32)28-22-10-11-22/h3-9,12-13,22-23,25,28H,2,10-11,14-19H2,1H3. The van der Waals surface area contributed by atoms with Crippen molar-refractivity contribution >= 4 is 15.9 Å². The largest absolute Gasteiger partial charge is 0.378 e. The van der Waals surface area contributed by atoms with Crippen LogP contribution in [0.15, 0.2) is 59.5 Å². The lowest BCUT2D eigenvalue weighted by Gasteiger charge is -2.48. The Morgan fingerprint density at radius 2 is 1.77 bits per heavy atom. The van der Waals surface area contributed by atoms with Crippen molar-refractivity contribution in [3.05, 3.63) is 65.7 Å². The van der Waals surface area contributed by atoms with Crippen LogP contribution < -0.4 is 4.72 Å². The third-order valence-electron chi connectivity index (χ3n) is 7.32. The zero-order chi connectivity index (χ0) is 24.5. The minimum absolute atomic E-state index is 0.0116. The van der Waals surface area contributed by atoms with Gasteiger partial charge in [0.2, 0.25) is 10.0 Å². The topological polar surface area (TPSA) is 84.9 Å². The molecule has 2 heterocycles. The number of nitrogens with zero attached hydrogens (tertiary/aromatic N) is 1. The molecule has 2 aromatic carbocycles. The molecule has 5 rings (SSSR count). The van der Waals surface area contributed by atoms with Crippen LogP contribution in [0.4, 0.5) is 0 Å². The maximum Gasteiger partial charge on any atom is 0.253 e. The highest BCUT2D eigenvalue weighted by Crippen LogP contribution is 2.44. The number of hydrogen-bond donors (Lipinski definition) is 1. The molecule has 2 saturated heterocycles. The molecular formula is C27H34N2O5S. The first-order chi connectivity index (χ1) is 16.9. The van der Waals surface area contributed by atoms with Crippen LogP contribution >= 0.6 is 0 Å². The monoisotopic (exact) mass is 498 g/mol. The summed E-state index contributed by atoms with van der Waals surface area (Å²) in [5.41, 5.74) is 1.37. The Bertz CT molecular complexity index is 1120. The lowest BCUT2D eigenvalue weighted by atomic mass is 9.80. The molecule has 1 saturated carbocycles. The van der Waals surface area contributed by atoms with E-state index < -0.39 is 10.0 Å². The van der Waals surface area contributed by atoms with E-state index in [0.717, 1.165) is 38.5 Å². The molecular weight excluding hydrogens is 464 g/mol. The van der Waals surface area contributed by atoms with Gasteiger partial charge in [-0.2, -0.15) is 0 Å². The van der Waals surface area contributed by atoms with Crippen LogP contribution in [0.1, 0.15) is 67.5 Å². The van der Waals surface area contributed by atoms with Crippen LogP contribution in [0, 0.1) is 0 Å². The van der Waals surface area contributed by atoms with Gasteiger partial charge >= 0.3 is 0 Å². The summed E-state index contributed by atoms with van der Waals surface area (Å²) in [6, 6.07) is 16.6. The fourth-order valence-electron chi connectivity index (χ4n) is 5.26. The van der Waals surface area contributed by atoms with Gasteiger partial charge in [0.15, 0.2) is 0 Å². The summed E-state index contributed by atoms with van der Waals surface area (Å²) in [6.07, 6.45) is 5.08. The fraction of sp³-hybridized carbons (Fsp3) is 0.519. The Morgan fingerprint density at radius 1 is 1.09 bits per heavy atom. The summed E-state index contributed by atoms with van der Waals surface area (Å²) >= 11 is 0. The fourth-order valence-corrected chi connectivity index (χ4v) is 6.56. The first kappa shape index (κ1) is 24.4. The van der Waals surface area contributed by atoms with Gasteiger partial charge < -0.3 is 14.4 Å². The summed E-state index contributed by atoms with van der Waals surface area (Å²) < 4.78 is 40.3. The number of rotatable bonds is 7. The second-order valence-electron chi connectivity index (χ2n) is 9.93. The van der Waals surface area contributed by atoms with Crippen molar-refractivity contribution in [1.29, 1.82) is 0 Å². The summed E-state index contributed by atoms with van der Waals surface area (Å²) in [6.45, 7) is 3.90. The number of carbonyl (C=O) groups excluding carboxylic acids is 1. The number of nitrogens with one attached hydrogen (secondary N) is 1. The smallest absolute Gasteiger partial charge is 0.253 e. The van der Waals surface area contributed by atoms with Crippen LogP contribution in [0.3, 0.4) is 0 Å². The second kappa shape index (κ2) is 10.0. The molecule has 7 nitrogen and oxygen atoms in total. The zero-order valence-corrected chi connectivity index (χ0v) is 21.0. The molecule has 2 aliphatic heterocycles. The summed E-state index contributed by atoms with van der Waals surface area (Å²) in [4.78, 5) is 15.2. The van der Waals surface area contributed by atoms with E-state index in [-0.39, 0.29) is 34.7 Å². The summed E-state index contributed by atoms with van der Waals surface area (Å²) in [5.74, 6) is -0.0734. The van der Waals surface area contributed by atoms with Crippen LogP contribution in [-0.2, 0) is 19.5 Å². The number of amides is 1. The molecule has 0 aromatic heterocycles. The third-order valence-corrected chi connectivity index (χ3v) is 8.85. The lowest BCUT2D eigenvalue weighted by molar-refractivity contribution is -0.190. The van der Waals surface area contributed by atoms with E-state index in [1.54, 1.807) is 12.1 Å². The third kappa shape index (κ3) is 5.61. The Morgan fingerprint density at radius 3 is 2.40 bits per heavy atom. The molecule has 3 fully saturated rings. The van der Waals surface area contributed by atoms with Gasteiger partial charge in [0.25, 0.3) is 5.91 Å². The van der Waals surface area contributed by atoms with Crippen LogP contribution in [0.25, 0.3) is 0 Å². The SMILES string of the molecule is CCOC1CC(c2ccccc2)OC2(CCN(C(=O)c3ccc(S(=O)(=O)NC4CC4)cc3)CC2)C1. The van der Waals surface area contributed by atoms with Gasteiger partial charge in [-0.25, -0.2) is 13.1 Å². The summed E-state index contributed by atoms with van der Waals surface area (Å²) in [5, 5.41) is 0. The first-order valence-corrected chi connectivity index (χ1v) is 14.1. The number of ether oxygens (including phenoxy) is 2. The van der Waals surface area contributed by atoms with Crippen molar-refractivity contribution < 1.29 is 22.7 Å². The number of hydrogen-bond acceptors (Lipinski definition) is 5. The maximum atomic E-state index is 13.2. The number of carbonyl (C=O) groups is 1. The molecule has 2 unspecified atom stereocenters. The number of benzene rings is 2. The normalized spacial score (nSPS) is 24.4. The van der Waals surface area contributed by atoms with Crippen molar-refractivity contribution in [1.82, 2.24) is 9.62 Å². The number of likely N-dealkylation sites (tertiary alicyclic amines) is 1. The maximum absolute atomic E-state index is 13.2. The van der Waals surface area contributed by atoms with E-state index in [1.807, 2.05) is 30.0 Å². The molecule has 2 atom stereocenters. The van der Waals surface area contributed by atoms with E-state index in [1.165, 1.54) is 17.7 Å². The molecule has 3 aliphatic rings. The highest BCUT2D eigenvalue weighted by molar-refractivity contribution is 7.89. The van der Waals surface area contributed by atoms with Gasteiger partial charge in [-0.05, 0) is 62.4 Å². The van der Waals surface area contributed by atoms with Crippen LogP contribution in [0.5, 0.6) is 0 Å². The molecule has 0 bridgehead atoms. The van der Waals surface area contributed by atoms with Crippen LogP contribution in [0.2, 0.25) is 0 Å². The Balaban J connectivity index is 1.24. The molecule has 1 spiro atoms. The van der Waals surface area contributed by atoms with Crippen molar-refractivity contribution in [3.8, 4) is 0 Å². The molecule has 8 heteroatoms. The number of piperidine rings is 1. The van der Waals surface area contributed by atoms with Gasteiger partial charge in [0, 0.05) is 44.1 Å².